The van der Waals surface area contributed by atoms with Gasteiger partial charge in [-0.15, -0.1) is 0 Å². The first-order valence-electron chi connectivity index (χ1n) is 12.5. The predicted molar refractivity (Wildman–Crippen MR) is 139 cm³/mol. The van der Waals surface area contributed by atoms with Gasteiger partial charge in [-0.05, 0) is 66.8 Å². The number of nitro benzene ring substituents is 1. The topological polar surface area (TPSA) is 108 Å². The van der Waals surface area contributed by atoms with Gasteiger partial charge in [0.15, 0.2) is 0 Å². The van der Waals surface area contributed by atoms with Crippen LogP contribution >= 0.6 is 0 Å². The van der Waals surface area contributed by atoms with Crippen molar-refractivity contribution in [1.29, 1.82) is 0 Å². The van der Waals surface area contributed by atoms with E-state index in [2.05, 4.69) is 12.2 Å². The Morgan fingerprint density at radius 1 is 0.865 bits per heavy atom. The number of hydrogen-bond donors (Lipinski definition) is 1. The molecule has 3 aromatic rings. The molecule has 3 aromatic carbocycles. The van der Waals surface area contributed by atoms with Crippen LogP contribution in [0.5, 0.6) is 11.5 Å². The fourth-order valence-electron chi connectivity index (χ4n) is 4.47. The van der Waals surface area contributed by atoms with Gasteiger partial charge in [0, 0.05) is 17.8 Å². The summed E-state index contributed by atoms with van der Waals surface area (Å²) in [6.45, 7) is 2.18. The summed E-state index contributed by atoms with van der Waals surface area (Å²) in [5, 5.41) is 13.7. The highest BCUT2D eigenvalue weighted by molar-refractivity contribution is 5.95. The molecule has 0 saturated heterocycles. The number of rotatable bonds is 9. The third-order valence-electron chi connectivity index (χ3n) is 6.62. The summed E-state index contributed by atoms with van der Waals surface area (Å²) in [6, 6.07) is 20.6. The van der Waals surface area contributed by atoms with Crippen molar-refractivity contribution in [2.75, 3.05) is 5.32 Å². The van der Waals surface area contributed by atoms with Crippen LogP contribution in [0.3, 0.4) is 0 Å². The Kier molecular flexibility index (Phi) is 8.51. The maximum atomic E-state index is 13.0. The molecule has 0 bridgehead atoms. The number of nitrogens with one attached hydrogen (secondary N) is 1. The SMILES string of the molecule is CCc1ccc(NC(=O)[C@@H]2CCCC[C@@H]2C(=O)OCc2ccc(Oc3ccc([N+](=O)[O-])cc3)cc2)cc1. The summed E-state index contributed by atoms with van der Waals surface area (Å²) >= 11 is 0. The van der Waals surface area contributed by atoms with Crippen LogP contribution in [0.2, 0.25) is 0 Å². The number of esters is 1. The lowest BCUT2D eigenvalue weighted by Crippen LogP contribution is -2.37. The minimum atomic E-state index is -0.465. The van der Waals surface area contributed by atoms with Crippen LogP contribution in [0.1, 0.15) is 43.7 Å². The average Bonchev–Trinajstić information content (AvgIpc) is 2.93. The van der Waals surface area contributed by atoms with Crippen molar-refractivity contribution in [3.05, 3.63) is 94.0 Å². The Morgan fingerprint density at radius 3 is 2.03 bits per heavy atom. The number of nitro groups is 1. The number of carbonyl (C=O) groups is 2. The van der Waals surface area contributed by atoms with Crippen molar-refractivity contribution in [2.24, 2.45) is 11.8 Å². The molecule has 1 aliphatic carbocycles. The fraction of sp³-hybridized carbons (Fsp3) is 0.310. The monoisotopic (exact) mass is 502 g/mol. The normalized spacial score (nSPS) is 17.0. The van der Waals surface area contributed by atoms with Crippen LogP contribution in [0.15, 0.2) is 72.8 Å². The number of non-ortho nitro benzene ring substituents is 1. The van der Waals surface area contributed by atoms with Gasteiger partial charge in [0.05, 0.1) is 16.8 Å². The predicted octanol–water partition coefficient (Wildman–Crippen LogP) is 6.44. The molecule has 1 saturated carbocycles. The highest BCUT2D eigenvalue weighted by Crippen LogP contribution is 2.32. The first kappa shape index (κ1) is 25.9. The first-order valence-corrected chi connectivity index (χ1v) is 12.5. The van der Waals surface area contributed by atoms with Gasteiger partial charge in [-0.3, -0.25) is 19.7 Å². The van der Waals surface area contributed by atoms with Crippen LogP contribution in [0.25, 0.3) is 0 Å². The van der Waals surface area contributed by atoms with Gasteiger partial charge in [-0.1, -0.05) is 44.0 Å². The van der Waals surface area contributed by atoms with E-state index in [1.54, 1.807) is 24.3 Å². The summed E-state index contributed by atoms with van der Waals surface area (Å²) in [5.74, 6) is -0.336. The Balaban J connectivity index is 1.31. The number of amides is 1. The van der Waals surface area contributed by atoms with Crippen molar-refractivity contribution in [3.63, 3.8) is 0 Å². The molecule has 8 heteroatoms. The summed E-state index contributed by atoms with van der Waals surface area (Å²) in [4.78, 5) is 36.2. The second kappa shape index (κ2) is 12.2. The number of ether oxygens (including phenoxy) is 2. The zero-order valence-electron chi connectivity index (χ0n) is 20.7. The van der Waals surface area contributed by atoms with Gasteiger partial charge in [-0.25, -0.2) is 0 Å². The minimum Gasteiger partial charge on any atom is -0.461 e. The van der Waals surface area contributed by atoms with Gasteiger partial charge in [0.1, 0.15) is 18.1 Å². The number of anilines is 1. The van der Waals surface area contributed by atoms with Crippen LogP contribution in [-0.2, 0) is 27.4 Å². The van der Waals surface area contributed by atoms with Gasteiger partial charge in [-0.2, -0.15) is 0 Å². The standard InChI is InChI=1S/C29H30N2O6/c1-2-20-7-11-22(12-8-20)30-28(32)26-5-3-4-6-27(26)29(33)36-19-21-9-15-24(16-10-21)37-25-17-13-23(14-18-25)31(34)35/h7-18,26-27H,2-6,19H2,1H3,(H,30,32)/t26-,27+/m1/s1. The molecular weight excluding hydrogens is 472 g/mol. The quantitative estimate of drug-likeness (QED) is 0.205. The molecular formula is C29H30N2O6. The largest absolute Gasteiger partial charge is 0.461 e. The van der Waals surface area contributed by atoms with E-state index in [1.165, 1.54) is 29.8 Å². The van der Waals surface area contributed by atoms with E-state index in [0.717, 1.165) is 30.5 Å². The van der Waals surface area contributed by atoms with E-state index >= 15 is 0 Å². The highest BCUT2D eigenvalue weighted by Gasteiger charge is 2.36. The van der Waals surface area contributed by atoms with E-state index in [1.807, 2.05) is 24.3 Å². The molecule has 2 atom stereocenters. The van der Waals surface area contributed by atoms with Crippen LogP contribution in [-0.4, -0.2) is 16.8 Å². The van der Waals surface area contributed by atoms with E-state index in [4.69, 9.17) is 9.47 Å². The van der Waals surface area contributed by atoms with E-state index in [9.17, 15) is 19.7 Å². The number of carbonyl (C=O) groups excluding carboxylic acids is 2. The Hall–Kier alpha value is -4.20. The van der Waals surface area contributed by atoms with Crippen LogP contribution in [0, 0.1) is 22.0 Å². The van der Waals surface area contributed by atoms with Crippen LogP contribution in [0.4, 0.5) is 11.4 Å². The molecule has 192 valence electrons. The second-order valence-corrected chi connectivity index (χ2v) is 9.14. The van der Waals surface area contributed by atoms with Crippen molar-refractivity contribution < 1.29 is 24.0 Å². The Morgan fingerprint density at radius 2 is 1.43 bits per heavy atom. The maximum Gasteiger partial charge on any atom is 0.310 e. The molecule has 1 fully saturated rings. The van der Waals surface area contributed by atoms with E-state index in [-0.39, 0.29) is 24.2 Å². The number of benzene rings is 3. The minimum absolute atomic E-state index is 0.00664. The van der Waals surface area contributed by atoms with E-state index < -0.39 is 16.8 Å². The molecule has 0 unspecified atom stereocenters. The number of hydrogen-bond acceptors (Lipinski definition) is 6. The zero-order valence-corrected chi connectivity index (χ0v) is 20.7. The third-order valence-corrected chi connectivity index (χ3v) is 6.62. The number of aryl methyl sites for hydroxylation is 1. The van der Waals surface area contributed by atoms with Crippen molar-refractivity contribution in [3.8, 4) is 11.5 Å². The summed E-state index contributed by atoms with van der Waals surface area (Å²) in [7, 11) is 0. The first-order chi connectivity index (χ1) is 17.9. The summed E-state index contributed by atoms with van der Waals surface area (Å²) < 4.78 is 11.3. The van der Waals surface area contributed by atoms with Gasteiger partial charge < -0.3 is 14.8 Å². The van der Waals surface area contributed by atoms with Crippen molar-refractivity contribution >= 4 is 23.3 Å². The van der Waals surface area contributed by atoms with Gasteiger partial charge in [0.2, 0.25) is 5.91 Å². The molecule has 8 nitrogen and oxygen atoms in total. The second-order valence-electron chi connectivity index (χ2n) is 9.14. The zero-order chi connectivity index (χ0) is 26.2. The molecule has 0 aromatic heterocycles. The molecule has 4 rings (SSSR count). The third kappa shape index (κ3) is 6.94. The average molecular weight is 503 g/mol. The van der Waals surface area contributed by atoms with E-state index in [0.29, 0.717) is 24.3 Å². The molecule has 1 aliphatic rings. The van der Waals surface area contributed by atoms with Crippen molar-refractivity contribution in [1.82, 2.24) is 0 Å². The fourth-order valence-corrected chi connectivity index (χ4v) is 4.47. The lowest BCUT2D eigenvalue weighted by molar-refractivity contribution is -0.384. The smallest absolute Gasteiger partial charge is 0.310 e. The molecule has 1 amide bonds. The summed E-state index contributed by atoms with van der Waals surface area (Å²) in [5.41, 5.74) is 2.71. The molecule has 0 aliphatic heterocycles. The highest BCUT2D eigenvalue weighted by atomic mass is 16.6. The summed E-state index contributed by atoms with van der Waals surface area (Å²) in [6.07, 6.45) is 4.03. The Bertz CT molecular complexity index is 1220. The lowest BCUT2D eigenvalue weighted by Gasteiger charge is -2.29. The van der Waals surface area contributed by atoms with Gasteiger partial charge >= 0.3 is 5.97 Å². The van der Waals surface area contributed by atoms with Gasteiger partial charge in [0.25, 0.3) is 5.69 Å². The molecule has 0 spiro atoms. The molecule has 0 heterocycles. The molecule has 37 heavy (non-hydrogen) atoms. The van der Waals surface area contributed by atoms with Crippen molar-refractivity contribution in [2.45, 2.75) is 45.6 Å². The lowest BCUT2D eigenvalue weighted by atomic mass is 9.78. The maximum absolute atomic E-state index is 13.0. The molecule has 1 N–H and O–H groups in total. The molecule has 0 radical (unpaired) electrons. The number of nitrogens with zero attached hydrogens (tertiary/aromatic N) is 1. The Labute approximate surface area is 215 Å². The van der Waals surface area contributed by atoms with Crippen LogP contribution < -0.4 is 10.1 Å².